The second-order valence-electron chi connectivity index (χ2n) is 6.56. The van der Waals surface area contributed by atoms with Gasteiger partial charge in [0.2, 0.25) is 0 Å². The number of fused-ring (bicyclic) bond motifs is 2. The Morgan fingerprint density at radius 2 is 1.81 bits per heavy atom. The third-order valence-electron chi connectivity index (χ3n) is 4.96. The van der Waals surface area contributed by atoms with Gasteiger partial charge in [0.05, 0.1) is 12.8 Å². The summed E-state index contributed by atoms with van der Waals surface area (Å²) in [5.74, 6) is 0.676. The first-order valence-electron chi connectivity index (χ1n) is 8.71. The summed E-state index contributed by atoms with van der Waals surface area (Å²) in [5.41, 5.74) is 13.0. The van der Waals surface area contributed by atoms with Gasteiger partial charge in [-0.05, 0) is 52.9 Å². The number of hydrogen-bond donors (Lipinski definition) is 3. The normalized spacial score (nSPS) is 11.3. The van der Waals surface area contributed by atoms with Gasteiger partial charge in [-0.1, -0.05) is 12.1 Å². The van der Waals surface area contributed by atoms with Crippen molar-refractivity contribution in [3.05, 3.63) is 67.1 Å². The SMILES string of the molecule is COc1ccc(-c2cnc3[nH]cc(-c4ccc5[nH]ccc5c4)c3c2)cc1N. The van der Waals surface area contributed by atoms with Gasteiger partial charge in [-0.25, -0.2) is 4.98 Å². The number of methoxy groups -OCH3 is 1. The van der Waals surface area contributed by atoms with Crippen LogP contribution < -0.4 is 10.5 Å². The number of ether oxygens (including phenoxy) is 1. The molecule has 5 nitrogen and oxygen atoms in total. The van der Waals surface area contributed by atoms with Gasteiger partial charge in [-0.2, -0.15) is 0 Å². The molecule has 0 aliphatic rings. The molecule has 4 N–H and O–H groups in total. The average Bonchev–Trinajstić information content (AvgIpc) is 3.33. The molecule has 132 valence electrons. The van der Waals surface area contributed by atoms with E-state index in [0.717, 1.165) is 38.8 Å². The molecule has 0 aliphatic heterocycles. The zero-order valence-electron chi connectivity index (χ0n) is 14.8. The molecule has 5 heteroatoms. The number of nitrogens with one attached hydrogen (secondary N) is 2. The lowest BCUT2D eigenvalue weighted by molar-refractivity contribution is 0.417. The number of nitrogens with two attached hydrogens (primary N) is 1. The third-order valence-corrected chi connectivity index (χ3v) is 4.96. The Morgan fingerprint density at radius 3 is 2.67 bits per heavy atom. The fourth-order valence-corrected chi connectivity index (χ4v) is 3.53. The Morgan fingerprint density at radius 1 is 0.926 bits per heavy atom. The van der Waals surface area contributed by atoms with Crippen LogP contribution in [0.25, 0.3) is 44.2 Å². The van der Waals surface area contributed by atoms with Gasteiger partial charge in [0.25, 0.3) is 0 Å². The van der Waals surface area contributed by atoms with Crippen molar-refractivity contribution in [3.8, 4) is 28.0 Å². The lowest BCUT2D eigenvalue weighted by Gasteiger charge is -2.08. The first-order chi connectivity index (χ1) is 13.2. The van der Waals surface area contributed by atoms with Crippen molar-refractivity contribution in [2.24, 2.45) is 0 Å². The second-order valence-corrected chi connectivity index (χ2v) is 6.56. The summed E-state index contributed by atoms with van der Waals surface area (Å²) in [4.78, 5) is 11.1. The fourth-order valence-electron chi connectivity index (χ4n) is 3.53. The molecular weight excluding hydrogens is 336 g/mol. The number of benzene rings is 2. The number of aromatic amines is 2. The first-order valence-corrected chi connectivity index (χ1v) is 8.71. The van der Waals surface area contributed by atoms with Crippen molar-refractivity contribution in [3.63, 3.8) is 0 Å². The summed E-state index contributed by atoms with van der Waals surface area (Å²) in [6, 6.07) is 16.4. The molecule has 0 spiro atoms. The summed E-state index contributed by atoms with van der Waals surface area (Å²) >= 11 is 0. The molecule has 0 saturated heterocycles. The van der Waals surface area contributed by atoms with E-state index < -0.39 is 0 Å². The molecule has 0 amide bonds. The fraction of sp³-hybridized carbons (Fsp3) is 0.0455. The number of nitrogens with zero attached hydrogens (tertiary/aromatic N) is 1. The molecule has 0 radical (unpaired) electrons. The van der Waals surface area contributed by atoms with Gasteiger partial charge in [-0.15, -0.1) is 0 Å². The van der Waals surface area contributed by atoms with E-state index in [1.165, 1.54) is 5.39 Å². The van der Waals surface area contributed by atoms with Crippen LogP contribution in [0.2, 0.25) is 0 Å². The maximum atomic E-state index is 6.07. The van der Waals surface area contributed by atoms with Crippen LogP contribution in [0.4, 0.5) is 5.69 Å². The standard InChI is InChI=1S/C22H18N4O/c1-27-21-5-3-13(10-19(21)23)16-9-17-18(12-26-22(17)25-11-16)14-2-4-20-15(8-14)6-7-24-20/h2-12,24H,23H2,1H3,(H,25,26). The Labute approximate surface area is 155 Å². The summed E-state index contributed by atoms with van der Waals surface area (Å²) in [5, 5.41) is 2.27. The van der Waals surface area contributed by atoms with Crippen molar-refractivity contribution in [1.82, 2.24) is 15.0 Å². The first kappa shape index (κ1) is 15.5. The number of H-pyrrole nitrogens is 2. The quantitative estimate of drug-likeness (QED) is 0.400. The molecule has 5 aromatic rings. The summed E-state index contributed by atoms with van der Waals surface area (Å²) in [6.45, 7) is 0. The summed E-state index contributed by atoms with van der Waals surface area (Å²) in [6.07, 6.45) is 5.83. The molecule has 5 rings (SSSR count). The zero-order valence-corrected chi connectivity index (χ0v) is 14.8. The average molecular weight is 354 g/mol. The number of nitrogen functional groups attached to an aromatic ring is 1. The topological polar surface area (TPSA) is 79.7 Å². The van der Waals surface area contributed by atoms with Crippen molar-refractivity contribution >= 4 is 27.6 Å². The van der Waals surface area contributed by atoms with Gasteiger partial charge in [0.15, 0.2) is 0 Å². The molecule has 27 heavy (non-hydrogen) atoms. The lowest BCUT2D eigenvalue weighted by Crippen LogP contribution is -1.92. The predicted molar refractivity (Wildman–Crippen MR) is 110 cm³/mol. The van der Waals surface area contributed by atoms with E-state index in [4.69, 9.17) is 10.5 Å². The highest BCUT2D eigenvalue weighted by Crippen LogP contribution is 2.34. The Balaban J connectivity index is 1.65. The van der Waals surface area contributed by atoms with Crippen LogP contribution in [-0.4, -0.2) is 22.1 Å². The molecule has 3 heterocycles. The van der Waals surface area contributed by atoms with Crippen molar-refractivity contribution < 1.29 is 4.74 Å². The molecule has 0 bridgehead atoms. The molecule has 0 aliphatic carbocycles. The highest BCUT2D eigenvalue weighted by molar-refractivity contribution is 5.98. The highest BCUT2D eigenvalue weighted by atomic mass is 16.5. The molecule has 0 atom stereocenters. The molecule has 2 aromatic carbocycles. The number of pyridine rings is 1. The smallest absolute Gasteiger partial charge is 0.141 e. The molecule has 0 fully saturated rings. The maximum absolute atomic E-state index is 6.07. The number of anilines is 1. The van der Waals surface area contributed by atoms with E-state index in [0.29, 0.717) is 11.4 Å². The zero-order chi connectivity index (χ0) is 18.4. The van der Waals surface area contributed by atoms with Crippen LogP contribution in [0, 0.1) is 0 Å². The van der Waals surface area contributed by atoms with E-state index in [-0.39, 0.29) is 0 Å². The minimum atomic E-state index is 0.613. The monoisotopic (exact) mass is 354 g/mol. The van der Waals surface area contributed by atoms with E-state index in [2.05, 4.69) is 45.3 Å². The van der Waals surface area contributed by atoms with Crippen LogP contribution in [0.5, 0.6) is 5.75 Å². The van der Waals surface area contributed by atoms with E-state index >= 15 is 0 Å². The van der Waals surface area contributed by atoms with Crippen molar-refractivity contribution in [2.45, 2.75) is 0 Å². The second kappa shape index (κ2) is 5.92. The minimum Gasteiger partial charge on any atom is -0.495 e. The van der Waals surface area contributed by atoms with Crippen LogP contribution in [0.15, 0.2) is 67.1 Å². The van der Waals surface area contributed by atoms with Gasteiger partial charge < -0.3 is 20.4 Å². The predicted octanol–water partition coefficient (Wildman–Crippen LogP) is 4.97. The van der Waals surface area contributed by atoms with Crippen LogP contribution >= 0.6 is 0 Å². The third kappa shape index (κ3) is 2.52. The number of hydrogen-bond acceptors (Lipinski definition) is 3. The van der Waals surface area contributed by atoms with Gasteiger partial charge in [0.1, 0.15) is 11.4 Å². The van der Waals surface area contributed by atoms with Crippen LogP contribution in [0.1, 0.15) is 0 Å². The van der Waals surface area contributed by atoms with Crippen molar-refractivity contribution in [2.75, 3.05) is 12.8 Å². The Bertz CT molecular complexity index is 1280. The van der Waals surface area contributed by atoms with Gasteiger partial charge >= 0.3 is 0 Å². The highest BCUT2D eigenvalue weighted by Gasteiger charge is 2.11. The summed E-state index contributed by atoms with van der Waals surface area (Å²) in [7, 11) is 1.62. The van der Waals surface area contributed by atoms with Gasteiger partial charge in [-0.3, -0.25) is 0 Å². The van der Waals surface area contributed by atoms with Crippen molar-refractivity contribution in [1.29, 1.82) is 0 Å². The van der Waals surface area contributed by atoms with Crippen LogP contribution in [0.3, 0.4) is 0 Å². The molecule has 0 saturated carbocycles. The molecular formula is C22H18N4O. The Kier molecular flexibility index (Phi) is 3.40. The maximum Gasteiger partial charge on any atom is 0.141 e. The van der Waals surface area contributed by atoms with Crippen LogP contribution in [-0.2, 0) is 0 Å². The van der Waals surface area contributed by atoms with E-state index in [9.17, 15) is 0 Å². The summed E-state index contributed by atoms with van der Waals surface area (Å²) < 4.78 is 5.25. The molecule has 3 aromatic heterocycles. The largest absolute Gasteiger partial charge is 0.495 e. The minimum absolute atomic E-state index is 0.613. The number of rotatable bonds is 3. The molecule has 0 unspecified atom stereocenters. The Hall–Kier alpha value is -3.73. The van der Waals surface area contributed by atoms with Gasteiger partial charge in [0, 0.05) is 40.6 Å². The van der Waals surface area contributed by atoms with E-state index in [1.54, 1.807) is 7.11 Å². The lowest BCUT2D eigenvalue weighted by atomic mass is 10.0. The number of aromatic nitrogens is 3. The van der Waals surface area contributed by atoms with E-state index in [1.807, 2.05) is 36.8 Å².